The molecular weight excluding hydrogens is 317 g/mol. The van der Waals surface area contributed by atoms with Gasteiger partial charge in [0.1, 0.15) is 0 Å². The van der Waals surface area contributed by atoms with E-state index in [0.717, 1.165) is 17.7 Å². The second-order valence-electron chi connectivity index (χ2n) is 5.52. The summed E-state index contributed by atoms with van der Waals surface area (Å²) in [5.41, 5.74) is 0.954. The summed E-state index contributed by atoms with van der Waals surface area (Å²) >= 11 is 0. The Kier molecular flexibility index (Phi) is 3.83. The van der Waals surface area contributed by atoms with Gasteiger partial charge in [0.15, 0.2) is 0 Å². The van der Waals surface area contributed by atoms with Crippen LogP contribution in [0, 0.1) is 6.92 Å². The molecule has 124 valence electrons. The minimum absolute atomic E-state index is 0.183. The van der Waals surface area contributed by atoms with E-state index in [-0.39, 0.29) is 11.2 Å². The Labute approximate surface area is 136 Å². The number of alkyl halides is 3. The topological polar surface area (TPSA) is 26.9 Å². The molecule has 0 radical (unpaired) electrons. The number of rotatable bonds is 2. The first-order valence-electron chi connectivity index (χ1n) is 7.32. The Morgan fingerprint density at radius 2 is 1.62 bits per heavy atom. The second kappa shape index (κ2) is 5.70. The lowest BCUT2D eigenvalue weighted by atomic mass is 10.1. The standard InChI is InChI=1S/C18H15F3N2O/c1-12-16(13-7-4-3-5-8-13)17(24)23(22(12)2)15-10-6-9-14(11-15)18(19,20)21/h3-11H,1-2H3. The average molecular weight is 332 g/mol. The molecular formula is C18H15F3N2O. The monoisotopic (exact) mass is 332 g/mol. The molecule has 3 nitrogen and oxygen atoms in total. The fourth-order valence-electron chi connectivity index (χ4n) is 2.75. The van der Waals surface area contributed by atoms with Gasteiger partial charge in [0.25, 0.3) is 5.56 Å². The molecule has 0 spiro atoms. The van der Waals surface area contributed by atoms with Gasteiger partial charge in [0.05, 0.1) is 16.8 Å². The van der Waals surface area contributed by atoms with Gasteiger partial charge in [-0.3, -0.25) is 9.48 Å². The van der Waals surface area contributed by atoms with Crippen LogP contribution in [-0.2, 0) is 13.2 Å². The molecule has 6 heteroatoms. The lowest BCUT2D eigenvalue weighted by Crippen LogP contribution is -2.20. The Morgan fingerprint density at radius 3 is 2.25 bits per heavy atom. The molecule has 3 rings (SSSR count). The van der Waals surface area contributed by atoms with E-state index in [0.29, 0.717) is 11.3 Å². The lowest BCUT2D eigenvalue weighted by Gasteiger charge is -2.11. The summed E-state index contributed by atoms with van der Waals surface area (Å²) in [6, 6.07) is 13.8. The second-order valence-corrected chi connectivity index (χ2v) is 5.52. The molecule has 0 amide bonds. The average Bonchev–Trinajstić information content (AvgIpc) is 2.77. The van der Waals surface area contributed by atoms with E-state index in [1.807, 2.05) is 18.2 Å². The van der Waals surface area contributed by atoms with Crippen molar-refractivity contribution in [1.82, 2.24) is 9.36 Å². The highest BCUT2D eigenvalue weighted by Gasteiger charge is 2.31. The molecule has 0 saturated carbocycles. The molecule has 0 aliphatic heterocycles. The number of benzene rings is 2. The van der Waals surface area contributed by atoms with Gasteiger partial charge < -0.3 is 0 Å². The Hall–Kier alpha value is -2.76. The molecule has 2 aromatic carbocycles. The number of hydrogen-bond donors (Lipinski definition) is 0. The lowest BCUT2D eigenvalue weighted by molar-refractivity contribution is -0.137. The van der Waals surface area contributed by atoms with Crippen molar-refractivity contribution in [3.8, 4) is 16.8 Å². The predicted molar refractivity (Wildman–Crippen MR) is 86.2 cm³/mol. The van der Waals surface area contributed by atoms with Crippen molar-refractivity contribution in [1.29, 1.82) is 0 Å². The summed E-state index contributed by atoms with van der Waals surface area (Å²) in [6.45, 7) is 1.77. The van der Waals surface area contributed by atoms with Crippen molar-refractivity contribution in [3.05, 3.63) is 76.2 Å². The Balaban J connectivity index is 2.23. The number of hydrogen-bond acceptors (Lipinski definition) is 1. The third kappa shape index (κ3) is 2.64. The van der Waals surface area contributed by atoms with Gasteiger partial charge >= 0.3 is 6.18 Å². The molecule has 24 heavy (non-hydrogen) atoms. The van der Waals surface area contributed by atoms with E-state index in [1.165, 1.54) is 16.8 Å². The van der Waals surface area contributed by atoms with Crippen LogP contribution in [0.5, 0.6) is 0 Å². The van der Waals surface area contributed by atoms with Crippen molar-refractivity contribution in [2.24, 2.45) is 7.05 Å². The van der Waals surface area contributed by atoms with Crippen LogP contribution in [0.3, 0.4) is 0 Å². The normalized spacial score (nSPS) is 11.7. The van der Waals surface area contributed by atoms with Gasteiger partial charge in [-0.15, -0.1) is 0 Å². The number of aromatic nitrogens is 2. The van der Waals surface area contributed by atoms with Crippen LogP contribution in [0.2, 0.25) is 0 Å². The Bertz CT molecular complexity index is 937. The number of halogens is 3. The van der Waals surface area contributed by atoms with Crippen molar-refractivity contribution >= 4 is 0 Å². The molecule has 0 bridgehead atoms. The van der Waals surface area contributed by atoms with Crippen molar-refractivity contribution in [3.63, 3.8) is 0 Å². The van der Waals surface area contributed by atoms with Crippen LogP contribution in [0.4, 0.5) is 13.2 Å². The van der Waals surface area contributed by atoms with Gasteiger partial charge in [0.2, 0.25) is 0 Å². The predicted octanol–water partition coefficient (Wildman–Crippen LogP) is 4.17. The van der Waals surface area contributed by atoms with Gasteiger partial charge in [-0.25, -0.2) is 4.68 Å². The van der Waals surface area contributed by atoms with Crippen molar-refractivity contribution < 1.29 is 13.2 Å². The van der Waals surface area contributed by atoms with Crippen LogP contribution in [0.15, 0.2) is 59.4 Å². The summed E-state index contributed by atoms with van der Waals surface area (Å²) in [5.74, 6) is 0. The molecule has 0 unspecified atom stereocenters. The zero-order valence-electron chi connectivity index (χ0n) is 13.1. The molecule has 0 aliphatic rings. The van der Waals surface area contributed by atoms with Gasteiger partial charge in [-0.05, 0) is 30.7 Å². The smallest absolute Gasteiger partial charge is 0.285 e. The van der Waals surface area contributed by atoms with E-state index < -0.39 is 11.7 Å². The number of nitrogens with zero attached hydrogens (tertiary/aromatic N) is 2. The van der Waals surface area contributed by atoms with Crippen molar-refractivity contribution in [2.45, 2.75) is 13.1 Å². The molecule has 0 N–H and O–H groups in total. The zero-order valence-corrected chi connectivity index (χ0v) is 13.1. The first kappa shape index (κ1) is 16.1. The molecule has 0 fully saturated rings. The maximum atomic E-state index is 12.9. The van der Waals surface area contributed by atoms with Gasteiger partial charge in [0, 0.05) is 12.7 Å². The maximum absolute atomic E-state index is 12.9. The summed E-state index contributed by atoms with van der Waals surface area (Å²) in [5, 5.41) is 0. The van der Waals surface area contributed by atoms with Gasteiger partial charge in [-0.1, -0.05) is 36.4 Å². The molecule has 0 aliphatic carbocycles. The van der Waals surface area contributed by atoms with E-state index in [4.69, 9.17) is 0 Å². The van der Waals surface area contributed by atoms with Crippen LogP contribution in [-0.4, -0.2) is 9.36 Å². The van der Waals surface area contributed by atoms with E-state index >= 15 is 0 Å². The first-order chi connectivity index (χ1) is 11.3. The molecule has 1 heterocycles. The fourth-order valence-corrected chi connectivity index (χ4v) is 2.75. The van der Waals surface area contributed by atoms with Crippen LogP contribution in [0.25, 0.3) is 16.8 Å². The van der Waals surface area contributed by atoms with E-state index in [1.54, 1.807) is 30.8 Å². The zero-order chi connectivity index (χ0) is 17.5. The molecule has 0 atom stereocenters. The van der Waals surface area contributed by atoms with Crippen molar-refractivity contribution in [2.75, 3.05) is 0 Å². The van der Waals surface area contributed by atoms with E-state index in [9.17, 15) is 18.0 Å². The highest BCUT2D eigenvalue weighted by atomic mass is 19.4. The summed E-state index contributed by atoms with van der Waals surface area (Å²) in [6.07, 6.45) is -4.46. The Morgan fingerprint density at radius 1 is 0.958 bits per heavy atom. The first-order valence-corrected chi connectivity index (χ1v) is 7.32. The minimum Gasteiger partial charge on any atom is -0.285 e. The molecule has 1 aromatic heterocycles. The van der Waals surface area contributed by atoms with Crippen LogP contribution >= 0.6 is 0 Å². The third-order valence-electron chi connectivity index (χ3n) is 4.03. The molecule has 0 saturated heterocycles. The summed E-state index contributed by atoms with van der Waals surface area (Å²) in [7, 11) is 1.66. The molecule has 3 aromatic rings. The van der Waals surface area contributed by atoms with Gasteiger partial charge in [-0.2, -0.15) is 13.2 Å². The van der Waals surface area contributed by atoms with E-state index in [2.05, 4.69) is 0 Å². The minimum atomic E-state index is -4.46. The van der Waals surface area contributed by atoms with Crippen LogP contribution in [0.1, 0.15) is 11.3 Å². The largest absolute Gasteiger partial charge is 0.416 e. The highest BCUT2D eigenvalue weighted by Crippen LogP contribution is 2.30. The highest BCUT2D eigenvalue weighted by molar-refractivity contribution is 5.65. The quantitative estimate of drug-likeness (QED) is 0.692. The SMILES string of the molecule is Cc1c(-c2ccccc2)c(=O)n(-c2cccc(C(F)(F)F)c2)n1C. The fraction of sp³-hybridized carbons (Fsp3) is 0.167. The maximum Gasteiger partial charge on any atom is 0.416 e. The summed E-state index contributed by atoms with van der Waals surface area (Å²) < 4.78 is 41.6. The third-order valence-corrected chi connectivity index (χ3v) is 4.03. The summed E-state index contributed by atoms with van der Waals surface area (Å²) in [4.78, 5) is 12.8. The van der Waals surface area contributed by atoms with Crippen LogP contribution < -0.4 is 5.56 Å².